The first-order valence-electron chi connectivity index (χ1n) is 6.30. The first kappa shape index (κ1) is 13.0. The fourth-order valence-electron chi connectivity index (χ4n) is 3.04. The lowest BCUT2D eigenvalue weighted by atomic mass is 9.69. The van der Waals surface area contributed by atoms with E-state index in [1.165, 1.54) is 0 Å². The minimum absolute atomic E-state index is 0.0128. The SMILES string of the molecule is CC(C)=C[C@@H]1C=C(C)[C@H](C)[C@H]2C(=O)N(N)C(=O)[C@@H]12. The Balaban J connectivity index is 2.48. The molecule has 0 aromatic carbocycles. The van der Waals surface area contributed by atoms with Crippen LogP contribution in [0.25, 0.3) is 0 Å². The summed E-state index contributed by atoms with van der Waals surface area (Å²) in [5, 5.41) is 0.810. The number of carbonyl (C=O) groups is 2. The van der Waals surface area contributed by atoms with Gasteiger partial charge in [0.1, 0.15) is 0 Å². The maximum Gasteiger partial charge on any atom is 0.248 e. The number of nitrogens with zero attached hydrogens (tertiary/aromatic N) is 1. The van der Waals surface area contributed by atoms with E-state index in [1.807, 2.05) is 27.7 Å². The molecule has 4 nitrogen and oxygen atoms in total. The van der Waals surface area contributed by atoms with Crippen LogP contribution >= 0.6 is 0 Å². The topological polar surface area (TPSA) is 63.4 Å². The Bertz CT molecular complexity index is 460. The van der Waals surface area contributed by atoms with Crippen molar-refractivity contribution >= 4 is 11.8 Å². The third-order valence-electron chi connectivity index (χ3n) is 4.08. The van der Waals surface area contributed by atoms with Gasteiger partial charge in [0.2, 0.25) is 11.8 Å². The van der Waals surface area contributed by atoms with Crippen molar-refractivity contribution in [1.29, 1.82) is 0 Å². The van der Waals surface area contributed by atoms with E-state index >= 15 is 0 Å². The number of amides is 2. The van der Waals surface area contributed by atoms with E-state index in [1.54, 1.807) is 0 Å². The zero-order valence-corrected chi connectivity index (χ0v) is 11.3. The molecule has 0 aromatic heterocycles. The Kier molecular flexibility index (Phi) is 3.15. The summed E-state index contributed by atoms with van der Waals surface area (Å²) in [7, 11) is 0. The maximum atomic E-state index is 12.1. The summed E-state index contributed by atoms with van der Waals surface area (Å²) < 4.78 is 0. The van der Waals surface area contributed by atoms with Gasteiger partial charge in [0.25, 0.3) is 0 Å². The molecule has 1 fully saturated rings. The Morgan fingerprint density at radius 1 is 1.28 bits per heavy atom. The Hall–Kier alpha value is -1.42. The van der Waals surface area contributed by atoms with Crippen molar-refractivity contribution in [2.45, 2.75) is 27.7 Å². The zero-order valence-electron chi connectivity index (χ0n) is 11.3. The van der Waals surface area contributed by atoms with Crippen LogP contribution in [0.4, 0.5) is 0 Å². The highest BCUT2D eigenvalue weighted by Gasteiger charge is 2.53. The number of carbonyl (C=O) groups excluding carboxylic acids is 2. The average molecular weight is 248 g/mol. The molecule has 1 aliphatic heterocycles. The van der Waals surface area contributed by atoms with Gasteiger partial charge in [-0.1, -0.05) is 30.2 Å². The fraction of sp³-hybridized carbons (Fsp3) is 0.571. The van der Waals surface area contributed by atoms with Gasteiger partial charge < -0.3 is 0 Å². The second kappa shape index (κ2) is 4.35. The van der Waals surface area contributed by atoms with E-state index in [0.717, 1.165) is 16.2 Å². The van der Waals surface area contributed by atoms with Gasteiger partial charge in [0.05, 0.1) is 11.8 Å². The van der Waals surface area contributed by atoms with Crippen molar-refractivity contribution < 1.29 is 9.59 Å². The summed E-state index contributed by atoms with van der Waals surface area (Å²) in [6.45, 7) is 8.01. The summed E-state index contributed by atoms with van der Waals surface area (Å²) in [5.74, 6) is 4.54. The van der Waals surface area contributed by atoms with Gasteiger partial charge in [-0.2, -0.15) is 0 Å². The van der Waals surface area contributed by atoms with Crippen molar-refractivity contribution in [2.75, 3.05) is 0 Å². The zero-order chi connectivity index (χ0) is 13.6. The van der Waals surface area contributed by atoms with E-state index in [0.29, 0.717) is 0 Å². The molecule has 18 heavy (non-hydrogen) atoms. The second-order valence-electron chi connectivity index (χ2n) is 5.62. The van der Waals surface area contributed by atoms with Crippen LogP contribution in [0.3, 0.4) is 0 Å². The first-order valence-corrected chi connectivity index (χ1v) is 6.30. The molecule has 0 spiro atoms. The summed E-state index contributed by atoms with van der Waals surface area (Å²) >= 11 is 0. The molecule has 1 heterocycles. The minimum atomic E-state index is -0.323. The Labute approximate surface area is 107 Å². The van der Waals surface area contributed by atoms with Crippen molar-refractivity contribution in [3.8, 4) is 0 Å². The van der Waals surface area contributed by atoms with Crippen molar-refractivity contribution in [1.82, 2.24) is 5.01 Å². The lowest BCUT2D eigenvalue weighted by molar-refractivity contribution is -0.140. The van der Waals surface area contributed by atoms with E-state index in [9.17, 15) is 9.59 Å². The molecule has 0 saturated carbocycles. The Morgan fingerprint density at radius 3 is 2.39 bits per heavy atom. The molecular weight excluding hydrogens is 228 g/mol. The van der Waals surface area contributed by atoms with E-state index in [2.05, 4.69) is 12.2 Å². The van der Waals surface area contributed by atoms with E-state index in [4.69, 9.17) is 5.84 Å². The molecule has 0 aromatic rings. The standard InChI is InChI=1S/C14H20N2O2/c1-7(2)5-10-6-8(3)9(4)11-12(10)14(18)16(15)13(11)17/h5-6,9-12H,15H2,1-4H3/t9-,10+,11+,12-/m0/s1. The molecule has 2 aliphatic rings. The Morgan fingerprint density at radius 2 is 1.83 bits per heavy atom. The van der Waals surface area contributed by atoms with Gasteiger partial charge in [-0.05, 0) is 26.7 Å². The normalized spacial score (nSPS) is 35.4. The summed E-state index contributed by atoms with van der Waals surface area (Å²) in [4.78, 5) is 24.2. The van der Waals surface area contributed by atoms with Crippen LogP contribution in [0.1, 0.15) is 27.7 Å². The average Bonchev–Trinajstić information content (AvgIpc) is 2.50. The highest BCUT2D eigenvalue weighted by atomic mass is 16.2. The van der Waals surface area contributed by atoms with Gasteiger partial charge in [0.15, 0.2) is 0 Å². The lowest BCUT2D eigenvalue weighted by Gasteiger charge is -2.32. The molecule has 0 bridgehead atoms. The first-order chi connectivity index (χ1) is 8.34. The molecule has 0 unspecified atom stereocenters. The number of hydrogen-bond donors (Lipinski definition) is 1. The van der Waals surface area contributed by atoms with Gasteiger partial charge in [-0.25, -0.2) is 10.9 Å². The van der Waals surface area contributed by atoms with Crippen LogP contribution in [0, 0.1) is 23.7 Å². The van der Waals surface area contributed by atoms with Crippen LogP contribution in [0.15, 0.2) is 23.3 Å². The smallest absolute Gasteiger partial charge is 0.248 e. The molecule has 0 radical (unpaired) electrons. The molecule has 1 aliphatic carbocycles. The quantitative estimate of drug-likeness (QED) is 0.332. The van der Waals surface area contributed by atoms with Crippen LogP contribution in [-0.4, -0.2) is 16.8 Å². The molecular formula is C14H20N2O2. The summed E-state index contributed by atoms with van der Waals surface area (Å²) in [6, 6.07) is 0. The summed E-state index contributed by atoms with van der Waals surface area (Å²) in [6.07, 6.45) is 4.15. The molecule has 1 saturated heterocycles. The molecule has 98 valence electrons. The molecule has 2 rings (SSSR count). The number of rotatable bonds is 1. The van der Waals surface area contributed by atoms with Crippen LogP contribution in [0.5, 0.6) is 0 Å². The highest BCUT2D eigenvalue weighted by Crippen LogP contribution is 2.44. The molecule has 4 heteroatoms. The number of fused-ring (bicyclic) bond motifs is 1. The van der Waals surface area contributed by atoms with E-state index in [-0.39, 0.29) is 35.5 Å². The largest absolute Gasteiger partial charge is 0.273 e. The van der Waals surface area contributed by atoms with Crippen molar-refractivity contribution in [3.63, 3.8) is 0 Å². The number of allylic oxidation sites excluding steroid dienone is 4. The molecule has 2 amide bonds. The number of nitrogens with two attached hydrogens (primary N) is 1. The second-order valence-corrected chi connectivity index (χ2v) is 5.62. The van der Waals surface area contributed by atoms with Gasteiger partial charge >= 0.3 is 0 Å². The number of hydrogen-bond acceptors (Lipinski definition) is 3. The third kappa shape index (κ3) is 1.81. The van der Waals surface area contributed by atoms with Crippen molar-refractivity contribution in [3.05, 3.63) is 23.3 Å². The molecule has 4 atom stereocenters. The number of imide groups is 1. The lowest BCUT2D eigenvalue weighted by Crippen LogP contribution is -2.38. The monoisotopic (exact) mass is 248 g/mol. The highest BCUT2D eigenvalue weighted by molar-refractivity contribution is 6.05. The van der Waals surface area contributed by atoms with E-state index < -0.39 is 0 Å². The summed E-state index contributed by atoms with van der Waals surface area (Å²) in [5.41, 5.74) is 2.31. The van der Waals surface area contributed by atoms with Gasteiger partial charge in [-0.15, -0.1) is 0 Å². The number of hydrazine groups is 1. The van der Waals surface area contributed by atoms with Gasteiger partial charge in [-0.3, -0.25) is 9.59 Å². The fourth-order valence-corrected chi connectivity index (χ4v) is 3.04. The van der Waals surface area contributed by atoms with Crippen LogP contribution < -0.4 is 5.84 Å². The van der Waals surface area contributed by atoms with Crippen LogP contribution in [0.2, 0.25) is 0 Å². The third-order valence-corrected chi connectivity index (χ3v) is 4.08. The van der Waals surface area contributed by atoms with Crippen LogP contribution in [-0.2, 0) is 9.59 Å². The predicted octanol–water partition coefficient (Wildman–Crippen LogP) is 1.64. The van der Waals surface area contributed by atoms with Gasteiger partial charge in [0, 0.05) is 5.92 Å². The molecule has 2 N–H and O–H groups in total. The predicted molar refractivity (Wildman–Crippen MR) is 68.9 cm³/mol. The minimum Gasteiger partial charge on any atom is -0.273 e. The maximum absolute atomic E-state index is 12.1. The van der Waals surface area contributed by atoms with Crippen molar-refractivity contribution in [2.24, 2.45) is 29.5 Å².